The second kappa shape index (κ2) is 15.8. The van der Waals surface area contributed by atoms with Crippen molar-refractivity contribution in [1.82, 2.24) is 0 Å². The summed E-state index contributed by atoms with van der Waals surface area (Å²) in [6.07, 6.45) is 25.7. The van der Waals surface area contributed by atoms with Crippen LogP contribution in [0.4, 0.5) is 0 Å². The van der Waals surface area contributed by atoms with Gasteiger partial charge in [0.1, 0.15) is 12.6 Å². The maximum absolute atomic E-state index is 13.3. The molecule has 0 aromatic heterocycles. The number of carbonyl (C=O) groups is 4. The third-order valence-corrected chi connectivity index (χ3v) is 16.3. The molecule has 0 aromatic carbocycles. The zero-order valence-electron chi connectivity index (χ0n) is 35.8. The van der Waals surface area contributed by atoms with Gasteiger partial charge in [0, 0.05) is 0 Å². The van der Waals surface area contributed by atoms with Gasteiger partial charge in [-0.15, -0.1) is 0 Å². The number of fused-ring (bicyclic) bond motifs is 4. The molecule has 0 N–H and O–H groups in total. The summed E-state index contributed by atoms with van der Waals surface area (Å²) < 4.78 is 8.47. The summed E-state index contributed by atoms with van der Waals surface area (Å²) in [4.78, 5) is 52.2. The second-order valence-electron chi connectivity index (χ2n) is 20.2. The van der Waals surface area contributed by atoms with E-state index in [0.717, 1.165) is 101 Å². The van der Waals surface area contributed by atoms with Gasteiger partial charge in [0.25, 0.3) is 0 Å². The highest BCUT2D eigenvalue weighted by molar-refractivity contribution is 6.02. The molecular formula is C50H70O5. The number of carbonyl (C=O) groups excluding carboxylic acids is 4. The Kier molecular flexibility index (Phi) is 12.0. The first-order valence-corrected chi connectivity index (χ1v) is 21.7. The van der Waals surface area contributed by atoms with Crippen LogP contribution >= 0.6 is 0 Å². The van der Waals surface area contributed by atoms with Gasteiger partial charge in [0.2, 0.25) is 0 Å². The standard InChI is InChI=1S/C50H70O5/c1-31(2)13-11-15-35(7)49(23-21-47(9)27-39-33(5)25-41(53)45(39)37(29-51)17-19-43(47)49)55-50(36(8)16-12-14-32(3)4)24-22-48(10)28-40-34(6)26-42(54)46(40)38(30-52)18-20-44(48)50/h13-14,17-18,25-26,29-30,35-36,39-40,43-46H,11-12,15-16,19-24,27-28H2,1-10H3/t35-,36-,39+,40+,43+,44+,45-,46-,47+,48+,49-,50-/m0/s1. The molecule has 6 aliphatic rings. The van der Waals surface area contributed by atoms with Gasteiger partial charge in [-0.3, -0.25) is 19.2 Å². The van der Waals surface area contributed by atoms with Gasteiger partial charge in [-0.2, -0.15) is 0 Å². The van der Waals surface area contributed by atoms with E-state index in [1.54, 1.807) is 12.2 Å². The molecule has 0 saturated heterocycles. The Morgan fingerprint density at radius 2 is 1.07 bits per heavy atom. The van der Waals surface area contributed by atoms with Crippen molar-refractivity contribution in [3.8, 4) is 0 Å². The quantitative estimate of drug-likeness (QED) is 0.147. The first-order valence-electron chi connectivity index (χ1n) is 21.7. The number of hydrogen-bond acceptors (Lipinski definition) is 5. The summed E-state index contributed by atoms with van der Waals surface area (Å²) in [5, 5.41) is 0. The van der Waals surface area contributed by atoms with Gasteiger partial charge in [0.15, 0.2) is 11.6 Å². The van der Waals surface area contributed by atoms with Crippen LogP contribution in [0.3, 0.4) is 0 Å². The lowest BCUT2D eigenvalue weighted by atomic mass is 9.60. The van der Waals surface area contributed by atoms with E-state index in [4.69, 9.17) is 4.74 Å². The van der Waals surface area contributed by atoms with Crippen LogP contribution in [0.5, 0.6) is 0 Å². The predicted octanol–water partition coefficient (Wildman–Crippen LogP) is 11.4. The van der Waals surface area contributed by atoms with E-state index in [0.29, 0.717) is 11.1 Å². The molecule has 6 aliphatic carbocycles. The Morgan fingerprint density at radius 3 is 1.42 bits per heavy atom. The van der Waals surface area contributed by atoms with Crippen molar-refractivity contribution in [3.63, 3.8) is 0 Å². The molecule has 0 bridgehead atoms. The normalized spacial score (nSPS) is 39.3. The smallest absolute Gasteiger partial charge is 0.163 e. The number of allylic oxidation sites excluding steroid dienone is 12. The minimum absolute atomic E-state index is 0.0381. The fourth-order valence-electron chi connectivity index (χ4n) is 13.1. The average molecular weight is 751 g/mol. The van der Waals surface area contributed by atoms with Crippen LogP contribution in [0.15, 0.2) is 69.9 Å². The van der Waals surface area contributed by atoms with Crippen LogP contribution < -0.4 is 0 Å². The van der Waals surface area contributed by atoms with Gasteiger partial charge >= 0.3 is 0 Å². The molecule has 5 heteroatoms. The highest BCUT2D eigenvalue weighted by Gasteiger charge is 2.66. The Bertz CT molecular complexity index is 1620. The van der Waals surface area contributed by atoms with E-state index in [2.05, 4.69) is 93.5 Å². The molecule has 0 amide bonds. The minimum Gasteiger partial charge on any atom is -0.367 e. The van der Waals surface area contributed by atoms with Gasteiger partial charge in [0.05, 0.1) is 23.0 Å². The molecule has 0 radical (unpaired) electrons. The van der Waals surface area contributed by atoms with E-state index in [9.17, 15) is 19.2 Å². The largest absolute Gasteiger partial charge is 0.367 e. The topological polar surface area (TPSA) is 77.5 Å². The highest BCUT2D eigenvalue weighted by Crippen LogP contribution is 2.67. The summed E-state index contributed by atoms with van der Waals surface area (Å²) >= 11 is 0. The number of rotatable bonds is 12. The number of ether oxygens (including phenoxy) is 1. The first-order chi connectivity index (χ1) is 25.9. The van der Waals surface area contributed by atoms with E-state index in [-0.39, 0.29) is 69.7 Å². The number of aldehydes is 2. The zero-order valence-corrected chi connectivity index (χ0v) is 35.8. The molecule has 0 aliphatic heterocycles. The van der Waals surface area contributed by atoms with Gasteiger partial charge in [-0.25, -0.2) is 0 Å². The van der Waals surface area contributed by atoms with E-state index >= 15 is 0 Å². The molecule has 12 atom stereocenters. The maximum atomic E-state index is 13.3. The van der Waals surface area contributed by atoms with Crippen LogP contribution in [0.1, 0.15) is 146 Å². The maximum Gasteiger partial charge on any atom is 0.163 e. The van der Waals surface area contributed by atoms with Crippen LogP contribution in [-0.4, -0.2) is 35.3 Å². The Labute approximate surface area is 332 Å². The summed E-state index contributed by atoms with van der Waals surface area (Å²) in [7, 11) is 0. The first kappa shape index (κ1) is 41.7. The molecule has 2 fully saturated rings. The number of ketones is 2. The monoisotopic (exact) mass is 751 g/mol. The van der Waals surface area contributed by atoms with Crippen LogP contribution in [0.25, 0.3) is 0 Å². The van der Waals surface area contributed by atoms with Crippen molar-refractivity contribution < 1.29 is 23.9 Å². The summed E-state index contributed by atoms with van der Waals surface area (Å²) in [6, 6.07) is 0. The molecule has 2 saturated carbocycles. The minimum atomic E-state index is -0.445. The van der Waals surface area contributed by atoms with Crippen molar-refractivity contribution in [2.24, 2.45) is 58.2 Å². The van der Waals surface area contributed by atoms with Crippen molar-refractivity contribution in [1.29, 1.82) is 0 Å². The molecule has 6 rings (SSSR count). The van der Waals surface area contributed by atoms with E-state index in [1.807, 2.05) is 0 Å². The third-order valence-electron chi connectivity index (χ3n) is 16.3. The molecule has 0 heterocycles. The Balaban J connectivity index is 1.51. The molecule has 0 aromatic rings. The summed E-state index contributed by atoms with van der Waals surface area (Å²) in [6.45, 7) is 22.7. The number of hydrogen-bond donors (Lipinski definition) is 0. The fourth-order valence-corrected chi connectivity index (χ4v) is 13.1. The highest BCUT2D eigenvalue weighted by atomic mass is 16.5. The predicted molar refractivity (Wildman–Crippen MR) is 222 cm³/mol. The lowest BCUT2D eigenvalue weighted by Gasteiger charge is -2.55. The molecule has 55 heavy (non-hydrogen) atoms. The van der Waals surface area contributed by atoms with Gasteiger partial charge in [-0.1, -0.05) is 74.3 Å². The molecule has 300 valence electrons. The Morgan fingerprint density at radius 1 is 0.691 bits per heavy atom. The third kappa shape index (κ3) is 7.38. The SMILES string of the molecule is CC(C)=CCC[C@H](C)[C@@]1(O[C@]2([C@@H](C)CCC=C(C)C)CC[C@]3(C)C[C@@H]4C(C)=CC(=O)[C@H]4C(C=O)=CC[C@H]32)CC[C@]2(C)C[C@@H]3C(C)=CC(=O)[C@H]3C(C=O)=CC[C@H]21. The molecular weight excluding hydrogens is 681 g/mol. The molecule has 5 nitrogen and oxygen atoms in total. The second-order valence-corrected chi connectivity index (χ2v) is 20.2. The van der Waals surface area contributed by atoms with E-state index in [1.165, 1.54) is 11.1 Å². The zero-order chi connectivity index (χ0) is 40.1. The van der Waals surface area contributed by atoms with Crippen molar-refractivity contribution in [2.45, 2.75) is 157 Å². The van der Waals surface area contributed by atoms with Gasteiger partial charge < -0.3 is 4.74 Å². The van der Waals surface area contributed by atoms with E-state index < -0.39 is 11.2 Å². The molecule has 0 spiro atoms. The van der Waals surface area contributed by atoms with Crippen molar-refractivity contribution in [3.05, 3.63) is 69.9 Å². The van der Waals surface area contributed by atoms with Crippen LogP contribution in [0.2, 0.25) is 0 Å². The Hall–Kier alpha value is -2.92. The van der Waals surface area contributed by atoms with Crippen LogP contribution in [0, 0.1) is 58.2 Å². The fraction of sp³-hybridized carbons (Fsp3) is 0.680. The van der Waals surface area contributed by atoms with Crippen LogP contribution in [-0.2, 0) is 23.9 Å². The lowest BCUT2D eigenvalue weighted by Crippen LogP contribution is -2.58. The van der Waals surface area contributed by atoms with Crippen molar-refractivity contribution >= 4 is 24.1 Å². The molecule has 0 unspecified atom stereocenters. The summed E-state index contributed by atoms with van der Waals surface area (Å²) in [5.74, 6) is 0.361. The van der Waals surface area contributed by atoms with Gasteiger partial charge in [-0.05, 0) is 188 Å². The van der Waals surface area contributed by atoms with Crippen molar-refractivity contribution in [2.75, 3.05) is 0 Å². The average Bonchev–Trinajstić information content (AvgIpc) is 3.73. The summed E-state index contributed by atoms with van der Waals surface area (Å²) in [5.41, 5.74) is 5.14. The lowest BCUT2D eigenvalue weighted by molar-refractivity contribution is -0.244.